The molecule has 1 aromatic carbocycles. The van der Waals surface area contributed by atoms with Crippen LogP contribution in [0.5, 0.6) is 5.75 Å². The average molecular weight is 205 g/mol. The zero-order chi connectivity index (χ0) is 10.5. The Morgan fingerprint density at radius 2 is 2.27 bits per heavy atom. The fourth-order valence-corrected chi connectivity index (χ4v) is 1.20. The predicted molar refractivity (Wildman–Crippen MR) is 53.2 cm³/mol. The van der Waals surface area contributed by atoms with Crippen LogP contribution in [0.3, 0.4) is 0 Å². The fraction of sp³-hybridized carbons (Fsp3) is 0.182. The summed E-state index contributed by atoms with van der Waals surface area (Å²) in [7, 11) is 0. The van der Waals surface area contributed by atoms with Crippen molar-refractivity contribution in [3.63, 3.8) is 0 Å². The lowest BCUT2D eigenvalue weighted by atomic mass is 10.2. The molecule has 4 heteroatoms. The van der Waals surface area contributed by atoms with E-state index in [1.807, 2.05) is 18.2 Å². The van der Waals surface area contributed by atoms with Crippen LogP contribution in [0, 0.1) is 0 Å². The number of rotatable bonds is 4. The quantitative estimate of drug-likeness (QED) is 0.826. The van der Waals surface area contributed by atoms with E-state index in [-0.39, 0.29) is 6.61 Å². The Hall–Kier alpha value is -1.81. The van der Waals surface area contributed by atoms with Gasteiger partial charge in [-0.2, -0.15) is 0 Å². The molecule has 0 aliphatic carbocycles. The fourth-order valence-electron chi connectivity index (χ4n) is 1.20. The maximum absolute atomic E-state index is 8.93. The second kappa shape index (κ2) is 4.61. The summed E-state index contributed by atoms with van der Waals surface area (Å²) in [5.41, 5.74) is 0.824. The first-order valence-electron chi connectivity index (χ1n) is 4.60. The summed E-state index contributed by atoms with van der Waals surface area (Å²) in [4.78, 5) is 0. The van der Waals surface area contributed by atoms with E-state index in [9.17, 15) is 0 Å². The summed E-state index contributed by atoms with van der Waals surface area (Å²) >= 11 is 0. The van der Waals surface area contributed by atoms with Gasteiger partial charge in [0.2, 0.25) is 0 Å². The van der Waals surface area contributed by atoms with Gasteiger partial charge in [0.25, 0.3) is 0 Å². The maximum atomic E-state index is 8.93. The molecule has 0 saturated heterocycles. The van der Waals surface area contributed by atoms with Gasteiger partial charge in [0.1, 0.15) is 12.4 Å². The van der Waals surface area contributed by atoms with Gasteiger partial charge < -0.3 is 14.4 Å². The van der Waals surface area contributed by atoms with Crippen molar-refractivity contribution >= 4 is 0 Å². The molecule has 78 valence electrons. The number of hydrogen-bond donors (Lipinski definition) is 1. The monoisotopic (exact) mass is 205 g/mol. The first-order valence-corrected chi connectivity index (χ1v) is 4.60. The van der Waals surface area contributed by atoms with Crippen LogP contribution in [0.4, 0.5) is 0 Å². The van der Waals surface area contributed by atoms with E-state index in [1.54, 1.807) is 18.3 Å². The third-order valence-electron chi connectivity index (χ3n) is 1.95. The van der Waals surface area contributed by atoms with Crippen molar-refractivity contribution in [2.75, 3.05) is 0 Å². The van der Waals surface area contributed by atoms with Crippen molar-refractivity contribution in [2.24, 2.45) is 0 Å². The molecule has 0 saturated carbocycles. The summed E-state index contributed by atoms with van der Waals surface area (Å²) < 4.78 is 10.3. The second-order valence-corrected chi connectivity index (χ2v) is 3.07. The Bertz CT molecular complexity index is 412. The Balaban J connectivity index is 1.98. The van der Waals surface area contributed by atoms with Crippen LogP contribution in [-0.2, 0) is 13.2 Å². The second-order valence-electron chi connectivity index (χ2n) is 3.07. The molecule has 1 N–H and O–H groups in total. The summed E-state index contributed by atoms with van der Waals surface area (Å²) in [6, 6.07) is 9.03. The van der Waals surface area contributed by atoms with Crippen molar-refractivity contribution < 1.29 is 14.4 Å². The summed E-state index contributed by atoms with van der Waals surface area (Å²) in [5, 5.41) is 12.5. The minimum Gasteiger partial charge on any atom is -0.486 e. The molecule has 1 aromatic heterocycles. The molecule has 0 aliphatic heterocycles. The van der Waals surface area contributed by atoms with Gasteiger partial charge in [0.05, 0.1) is 12.8 Å². The van der Waals surface area contributed by atoms with Crippen molar-refractivity contribution in [2.45, 2.75) is 13.2 Å². The third kappa shape index (κ3) is 2.57. The number of ether oxygens (including phenoxy) is 1. The van der Waals surface area contributed by atoms with Crippen LogP contribution in [-0.4, -0.2) is 10.3 Å². The van der Waals surface area contributed by atoms with E-state index in [4.69, 9.17) is 14.4 Å². The molecule has 15 heavy (non-hydrogen) atoms. The van der Waals surface area contributed by atoms with Crippen LogP contribution in [0.1, 0.15) is 11.3 Å². The summed E-state index contributed by atoms with van der Waals surface area (Å²) in [6.07, 6.45) is 1.57. The summed E-state index contributed by atoms with van der Waals surface area (Å²) in [6.45, 7) is 0.356. The number of aliphatic hydroxyl groups excluding tert-OH is 1. The van der Waals surface area contributed by atoms with Crippen LogP contribution >= 0.6 is 0 Å². The standard InChI is InChI=1S/C11H11NO3/c13-7-9-2-1-3-10(6-9)14-8-11-4-5-12-15-11/h1-6,13H,7-8H2. The van der Waals surface area contributed by atoms with E-state index in [2.05, 4.69) is 5.16 Å². The zero-order valence-corrected chi connectivity index (χ0v) is 8.09. The Labute approximate surface area is 87.1 Å². The lowest BCUT2D eigenvalue weighted by Gasteiger charge is -2.04. The van der Waals surface area contributed by atoms with E-state index in [1.165, 1.54) is 0 Å². The lowest BCUT2D eigenvalue weighted by molar-refractivity contribution is 0.247. The normalized spacial score (nSPS) is 10.2. The van der Waals surface area contributed by atoms with Gasteiger partial charge in [-0.25, -0.2) is 0 Å². The molecule has 0 amide bonds. The average Bonchev–Trinajstić information content (AvgIpc) is 2.79. The molecule has 4 nitrogen and oxygen atoms in total. The van der Waals surface area contributed by atoms with Crippen LogP contribution in [0.2, 0.25) is 0 Å². The van der Waals surface area contributed by atoms with Crippen molar-refractivity contribution in [3.8, 4) is 5.75 Å². The molecule has 0 fully saturated rings. The van der Waals surface area contributed by atoms with Gasteiger partial charge in [-0.1, -0.05) is 17.3 Å². The highest BCUT2D eigenvalue weighted by molar-refractivity contribution is 5.28. The molecule has 1 heterocycles. The number of benzene rings is 1. The summed E-state index contributed by atoms with van der Waals surface area (Å²) in [5.74, 6) is 1.38. The molecule has 0 bridgehead atoms. The zero-order valence-electron chi connectivity index (χ0n) is 8.09. The topological polar surface area (TPSA) is 55.5 Å². The number of aromatic nitrogens is 1. The predicted octanol–water partition coefficient (Wildman–Crippen LogP) is 1.75. The largest absolute Gasteiger partial charge is 0.486 e. The highest BCUT2D eigenvalue weighted by Gasteiger charge is 1.99. The highest BCUT2D eigenvalue weighted by Crippen LogP contribution is 2.14. The number of hydrogen-bond acceptors (Lipinski definition) is 4. The Morgan fingerprint density at radius 1 is 1.33 bits per heavy atom. The van der Waals surface area contributed by atoms with Crippen LogP contribution in [0.25, 0.3) is 0 Å². The van der Waals surface area contributed by atoms with E-state index < -0.39 is 0 Å². The minimum atomic E-state index is 0.0134. The van der Waals surface area contributed by atoms with Crippen molar-refractivity contribution in [1.82, 2.24) is 5.16 Å². The van der Waals surface area contributed by atoms with Gasteiger partial charge in [-0.15, -0.1) is 0 Å². The smallest absolute Gasteiger partial charge is 0.174 e. The Morgan fingerprint density at radius 3 is 3.00 bits per heavy atom. The van der Waals surface area contributed by atoms with E-state index in [0.29, 0.717) is 18.1 Å². The minimum absolute atomic E-state index is 0.0134. The first-order chi connectivity index (χ1) is 7.38. The van der Waals surface area contributed by atoms with Gasteiger partial charge in [-0.3, -0.25) is 0 Å². The van der Waals surface area contributed by atoms with Gasteiger partial charge in [0, 0.05) is 6.07 Å². The molecule has 0 unspecified atom stereocenters. The molecular formula is C11H11NO3. The third-order valence-corrected chi connectivity index (χ3v) is 1.95. The Kier molecular flexibility index (Phi) is 2.99. The van der Waals surface area contributed by atoms with Crippen LogP contribution < -0.4 is 4.74 Å². The van der Waals surface area contributed by atoms with Gasteiger partial charge in [0.15, 0.2) is 5.76 Å². The lowest BCUT2D eigenvalue weighted by Crippen LogP contribution is -1.94. The number of aliphatic hydroxyl groups is 1. The molecule has 2 aromatic rings. The molecule has 2 rings (SSSR count). The van der Waals surface area contributed by atoms with Gasteiger partial charge in [-0.05, 0) is 17.7 Å². The van der Waals surface area contributed by atoms with E-state index in [0.717, 1.165) is 5.56 Å². The maximum Gasteiger partial charge on any atom is 0.174 e. The van der Waals surface area contributed by atoms with E-state index >= 15 is 0 Å². The first kappa shape index (κ1) is 9.73. The molecular weight excluding hydrogens is 194 g/mol. The van der Waals surface area contributed by atoms with Gasteiger partial charge >= 0.3 is 0 Å². The molecule has 0 aliphatic rings. The van der Waals surface area contributed by atoms with Crippen molar-refractivity contribution in [1.29, 1.82) is 0 Å². The molecule has 0 atom stereocenters. The molecule has 0 spiro atoms. The molecule has 0 radical (unpaired) electrons. The van der Waals surface area contributed by atoms with Crippen molar-refractivity contribution in [3.05, 3.63) is 47.9 Å². The number of nitrogens with zero attached hydrogens (tertiary/aromatic N) is 1. The van der Waals surface area contributed by atoms with Crippen LogP contribution in [0.15, 0.2) is 41.1 Å². The highest BCUT2D eigenvalue weighted by atomic mass is 16.5. The SMILES string of the molecule is OCc1cccc(OCc2ccno2)c1.